The van der Waals surface area contributed by atoms with Crippen LogP contribution in [0.4, 0.5) is 0 Å². The molecular formula is C62H125N3O4Si2. The van der Waals surface area contributed by atoms with Gasteiger partial charge in [-0.25, -0.2) is 0 Å². The summed E-state index contributed by atoms with van der Waals surface area (Å²) in [5.41, 5.74) is 0. The number of unbranched alkanes of at least 4 members (excludes halogenated alkanes) is 21. The molecule has 0 aromatic heterocycles. The van der Waals surface area contributed by atoms with Crippen LogP contribution in [0.3, 0.4) is 0 Å². The molecule has 0 radical (unpaired) electrons. The van der Waals surface area contributed by atoms with Crippen molar-refractivity contribution in [2.75, 3.05) is 65.5 Å². The highest BCUT2D eigenvalue weighted by Gasteiger charge is 2.41. The van der Waals surface area contributed by atoms with Crippen molar-refractivity contribution < 1.29 is 18.4 Å². The van der Waals surface area contributed by atoms with Crippen LogP contribution in [0.15, 0.2) is 24.3 Å². The third kappa shape index (κ3) is 36.0. The summed E-state index contributed by atoms with van der Waals surface area (Å²) in [6.45, 7) is 40.4. The van der Waals surface area contributed by atoms with Crippen molar-refractivity contribution in [1.82, 2.24) is 14.7 Å². The Kier molecular flexibility index (Phi) is 39.7. The Bertz CT molecular complexity index is 1230. The SMILES string of the molecule is CCCCCCCC/C=C\CCCCCCC(CN(CCCC(=O)OCCN1CCN(CCCC)CC1)CC(CCCCCC/C=C\CCCCCCCC)O[Si](C)(C)C(C)(C)C)O[Si](C)(C)C(C)(C)C. The number of hydrogen-bond donors (Lipinski definition) is 0. The highest BCUT2D eigenvalue weighted by molar-refractivity contribution is 6.74. The minimum absolute atomic E-state index is 0.0517. The molecular weight excluding hydrogens is 907 g/mol. The average molecular weight is 1030 g/mol. The van der Waals surface area contributed by atoms with E-state index in [0.717, 1.165) is 71.6 Å². The van der Waals surface area contributed by atoms with Crippen LogP contribution in [-0.2, 0) is 18.4 Å². The van der Waals surface area contributed by atoms with Crippen molar-refractivity contribution in [3.05, 3.63) is 24.3 Å². The monoisotopic (exact) mass is 1030 g/mol. The summed E-state index contributed by atoms with van der Waals surface area (Å²) in [4.78, 5) is 21.0. The van der Waals surface area contributed by atoms with Crippen LogP contribution in [-0.4, -0.2) is 115 Å². The van der Waals surface area contributed by atoms with Gasteiger partial charge in [0.1, 0.15) is 6.61 Å². The van der Waals surface area contributed by atoms with E-state index in [1.807, 2.05) is 0 Å². The van der Waals surface area contributed by atoms with Gasteiger partial charge in [-0.15, -0.1) is 0 Å². The quantitative estimate of drug-likeness (QED) is 0.0261. The molecule has 2 unspecified atom stereocenters. The fourth-order valence-corrected chi connectivity index (χ4v) is 12.1. The van der Waals surface area contributed by atoms with Crippen LogP contribution in [0.25, 0.3) is 0 Å². The van der Waals surface area contributed by atoms with E-state index in [0.29, 0.717) is 13.0 Å². The number of piperazine rings is 1. The molecule has 71 heavy (non-hydrogen) atoms. The second-order valence-corrected chi connectivity index (χ2v) is 34.7. The zero-order valence-electron chi connectivity index (χ0n) is 50.2. The summed E-state index contributed by atoms with van der Waals surface area (Å²) in [5.74, 6) is -0.0517. The molecule has 0 spiro atoms. The molecule has 0 aliphatic carbocycles. The number of nitrogens with zero attached hydrogens (tertiary/aromatic N) is 3. The van der Waals surface area contributed by atoms with Gasteiger partial charge in [-0.2, -0.15) is 0 Å². The molecule has 7 nitrogen and oxygen atoms in total. The van der Waals surface area contributed by atoms with Crippen LogP contribution < -0.4 is 0 Å². The lowest BCUT2D eigenvalue weighted by Gasteiger charge is -2.42. The average Bonchev–Trinajstić information content (AvgIpc) is 3.30. The number of ether oxygens (including phenoxy) is 1. The Balaban J connectivity index is 3.05. The lowest BCUT2D eigenvalue weighted by molar-refractivity contribution is -0.144. The smallest absolute Gasteiger partial charge is 0.305 e. The van der Waals surface area contributed by atoms with Gasteiger partial charge < -0.3 is 18.5 Å². The Morgan fingerprint density at radius 3 is 1.23 bits per heavy atom. The largest absolute Gasteiger partial charge is 0.464 e. The van der Waals surface area contributed by atoms with E-state index in [1.54, 1.807) is 0 Å². The molecule has 0 bridgehead atoms. The van der Waals surface area contributed by atoms with E-state index in [4.69, 9.17) is 13.6 Å². The first kappa shape index (κ1) is 68.2. The predicted molar refractivity (Wildman–Crippen MR) is 318 cm³/mol. The molecule has 9 heteroatoms. The van der Waals surface area contributed by atoms with Crippen molar-refractivity contribution >= 4 is 22.6 Å². The summed E-state index contributed by atoms with van der Waals surface area (Å²) >= 11 is 0. The maximum atomic E-state index is 13.3. The summed E-state index contributed by atoms with van der Waals surface area (Å²) < 4.78 is 20.7. The maximum absolute atomic E-state index is 13.3. The van der Waals surface area contributed by atoms with Gasteiger partial charge in [0.2, 0.25) is 0 Å². The van der Waals surface area contributed by atoms with Crippen LogP contribution in [0.1, 0.15) is 255 Å². The Hall–Kier alpha value is -0.816. The Morgan fingerprint density at radius 1 is 0.493 bits per heavy atom. The zero-order chi connectivity index (χ0) is 52.7. The zero-order valence-corrected chi connectivity index (χ0v) is 52.2. The summed E-state index contributed by atoms with van der Waals surface area (Å²) in [5, 5.41) is 0.282. The van der Waals surface area contributed by atoms with Gasteiger partial charge in [0, 0.05) is 52.2 Å². The number of esters is 1. The third-order valence-electron chi connectivity index (χ3n) is 16.4. The first-order valence-electron chi connectivity index (χ1n) is 30.8. The number of carbonyl (C=O) groups excluding carboxylic acids is 1. The summed E-state index contributed by atoms with van der Waals surface area (Å²) in [6.07, 6.45) is 47.5. The predicted octanol–water partition coefficient (Wildman–Crippen LogP) is 18.1. The number of hydrogen-bond acceptors (Lipinski definition) is 7. The van der Waals surface area contributed by atoms with Crippen LogP contribution in [0, 0.1) is 0 Å². The lowest BCUT2D eigenvalue weighted by Crippen LogP contribution is -2.50. The molecule has 0 N–H and O–H groups in total. The van der Waals surface area contributed by atoms with E-state index in [1.165, 1.54) is 173 Å². The van der Waals surface area contributed by atoms with Crippen molar-refractivity contribution in [2.24, 2.45) is 0 Å². The van der Waals surface area contributed by atoms with Crippen LogP contribution in [0.2, 0.25) is 36.3 Å². The molecule has 1 heterocycles. The molecule has 0 saturated carbocycles. The topological polar surface area (TPSA) is 54.5 Å². The molecule has 1 fully saturated rings. The molecule has 0 aromatic carbocycles. The maximum Gasteiger partial charge on any atom is 0.305 e. The molecule has 420 valence electrons. The van der Waals surface area contributed by atoms with Crippen molar-refractivity contribution in [2.45, 2.75) is 303 Å². The van der Waals surface area contributed by atoms with Crippen molar-refractivity contribution in [3.63, 3.8) is 0 Å². The van der Waals surface area contributed by atoms with Gasteiger partial charge in [0.15, 0.2) is 16.6 Å². The van der Waals surface area contributed by atoms with Gasteiger partial charge in [0.05, 0.1) is 12.2 Å². The third-order valence-corrected chi connectivity index (χ3v) is 25.4. The fourth-order valence-electron chi connectivity index (χ4n) is 9.35. The molecule has 0 amide bonds. The van der Waals surface area contributed by atoms with Crippen molar-refractivity contribution in [3.8, 4) is 0 Å². The Morgan fingerprint density at radius 2 is 0.845 bits per heavy atom. The highest BCUT2D eigenvalue weighted by Crippen LogP contribution is 2.39. The molecule has 1 aliphatic heterocycles. The standard InChI is InChI=1S/C62H125N3O4Si2/c1-14-17-20-22-24-26-28-30-32-34-36-38-40-42-45-58(68-70(10,11)61(4,5)6)56-65(49-44-47-60(66)67-55-54-64-52-50-63(51-53-64)48-19-16-3)57-59(69-71(12,13)62(7,8)9)46-43-41-39-37-35-33-31-29-27-25-23-21-18-15-2/h30-33,58-59H,14-29,34-57H2,1-13H3/b32-30-,33-31-. The number of rotatable bonds is 46. The minimum Gasteiger partial charge on any atom is -0.464 e. The van der Waals surface area contributed by atoms with E-state index < -0.39 is 16.6 Å². The first-order valence-corrected chi connectivity index (χ1v) is 36.6. The van der Waals surface area contributed by atoms with Crippen molar-refractivity contribution in [1.29, 1.82) is 0 Å². The van der Waals surface area contributed by atoms with Gasteiger partial charge in [-0.1, -0.05) is 196 Å². The second kappa shape index (κ2) is 41.4. The van der Waals surface area contributed by atoms with Gasteiger partial charge >= 0.3 is 5.97 Å². The van der Waals surface area contributed by atoms with E-state index >= 15 is 0 Å². The normalized spacial score (nSPS) is 15.7. The lowest BCUT2D eigenvalue weighted by atomic mass is 10.1. The fraction of sp³-hybridized carbons (Fsp3) is 0.919. The Labute approximate surface area is 446 Å². The second-order valence-electron chi connectivity index (χ2n) is 25.2. The first-order chi connectivity index (χ1) is 33.8. The van der Waals surface area contributed by atoms with Crippen LogP contribution >= 0.6 is 0 Å². The van der Waals surface area contributed by atoms with Gasteiger partial charge in [0.25, 0.3) is 0 Å². The number of allylic oxidation sites excluding steroid dienone is 4. The molecule has 1 saturated heterocycles. The summed E-state index contributed by atoms with van der Waals surface area (Å²) in [7, 11) is -4.07. The van der Waals surface area contributed by atoms with E-state index in [9.17, 15) is 4.79 Å². The molecule has 1 aliphatic rings. The van der Waals surface area contributed by atoms with Gasteiger partial charge in [-0.05, 0) is 126 Å². The molecule has 0 aromatic rings. The van der Waals surface area contributed by atoms with E-state index in [-0.39, 0.29) is 28.3 Å². The highest BCUT2D eigenvalue weighted by atomic mass is 28.4. The van der Waals surface area contributed by atoms with Crippen LogP contribution in [0.5, 0.6) is 0 Å². The van der Waals surface area contributed by atoms with Gasteiger partial charge in [-0.3, -0.25) is 14.6 Å². The molecule has 1 rings (SSSR count). The summed E-state index contributed by atoms with van der Waals surface area (Å²) in [6, 6.07) is 0. The molecule has 2 atom stereocenters. The minimum atomic E-state index is -2.03. The van der Waals surface area contributed by atoms with E-state index in [2.05, 4.69) is 128 Å². The number of carbonyl (C=O) groups is 1.